The Morgan fingerprint density at radius 2 is 1.21 bits per heavy atom. The summed E-state index contributed by atoms with van der Waals surface area (Å²) < 4.78 is 43.0. The lowest BCUT2D eigenvalue weighted by molar-refractivity contribution is -0.0986. The van der Waals surface area contributed by atoms with Gasteiger partial charge in [-0.25, -0.2) is 19.6 Å². The van der Waals surface area contributed by atoms with Crippen LogP contribution in [0.2, 0.25) is 0 Å². The molecule has 10 rings (SSSR count). The summed E-state index contributed by atoms with van der Waals surface area (Å²) in [6.07, 6.45) is 0.341. The quantitative estimate of drug-likeness (QED) is 0.0989. The van der Waals surface area contributed by atoms with Gasteiger partial charge in [0.25, 0.3) is 0 Å². The summed E-state index contributed by atoms with van der Waals surface area (Å²) in [5, 5.41) is 34.0. The normalized spacial score (nSPS) is 18.8. The molecule has 4 atom stereocenters. The topological polar surface area (TPSA) is 193 Å². The number of pyridine rings is 2. The monoisotopic (exact) mass is 906 g/mol. The van der Waals surface area contributed by atoms with Crippen molar-refractivity contribution in [2.24, 2.45) is 11.8 Å². The summed E-state index contributed by atoms with van der Waals surface area (Å²) in [7, 11) is 0. The minimum Gasteiger partial charge on any atom is -0.492 e. The fraction of sp³-hybridized carbons (Fsp3) is 0.321. The van der Waals surface area contributed by atoms with Gasteiger partial charge in [0.15, 0.2) is 11.5 Å². The number of aryl methyl sites for hydroxylation is 4. The molecule has 0 radical (unpaired) electrons. The number of ether oxygens (including phenoxy) is 5. The number of benzene rings is 4. The minimum atomic E-state index is -1.13. The lowest BCUT2D eigenvalue weighted by Gasteiger charge is -2.31. The lowest BCUT2D eigenvalue weighted by Crippen LogP contribution is -2.38. The standard InChI is InChI=1S/C53H50N2O12/c1-27-9-13-42(64-23-32-15-17-61-25-40(32)56)46-37(53(59)60)21-39(55-48(27)46)51-30(4)35-12-11-31(19-44(35)67-51)22-63-45-26-62-18-16-33(45)24-65-43-14-10-28(2)49-47(43)36(52(57)58)20-38(54-49)50-29(3)34-7-5-6-8-41(34)66-50/h5-14,19-21,32-33,40,45,56H,15-18,22-26H2,1-4H3,(H,57,58)(H,59,60)/t32-,33-,40+,45-/m0/s1. The van der Waals surface area contributed by atoms with Gasteiger partial charge in [-0.15, -0.1) is 0 Å². The number of fused-ring (bicyclic) bond motifs is 4. The van der Waals surface area contributed by atoms with Gasteiger partial charge in [0.1, 0.15) is 34.1 Å². The molecule has 4 aromatic carbocycles. The summed E-state index contributed by atoms with van der Waals surface area (Å²) in [6.45, 7) is 10.0. The highest BCUT2D eigenvalue weighted by Crippen LogP contribution is 2.40. The van der Waals surface area contributed by atoms with Crippen molar-refractivity contribution in [2.75, 3.05) is 39.6 Å². The second-order valence-electron chi connectivity index (χ2n) is 17.7. The summed E-state index contributed by atoms with van der Waals surface area (Å²) in [4.78, 5) is 35.6. The Balaban J connectivity index is 0.873. The molecule has 0 bridgehead atoms. The van der Waals surface area contributed by atoms with Crippen molar-refractivity contribution in [2.45, 2.75) is 59.4 Å². The Labute approximate surface area is 385 Å². The number of carboxylic acid groups (broad SMARTS) is 2. The highest BCUT2D eigenvalue weighted by molar-refractivity contribution is 6.08. The molecule has 8 aromatic rings. The SMILES string of the molecule is Cc1c(-c2cc(C(=O)O)c3c(OC[C@@H]4CCOC[C@H]4O)ccc(C)c3n2)oc2cc(CO[C@H]3COCC[C@H]3COc3ccc(C)c4nc(-c5oc6ccccc6c5C)cc(C(=O)O)c34)ccc12. The van der Waals surface area contributed by atoms with Gasteiger partial charge < -0.3 is 47.8 Å². The van der Waals surface area contributed by atoms with E-state index < -0.39 is 18.0 Å². The molecular formula is C53H50N2O12. The molecule has 0 unspecified atom stereocenters. The van der Waals surface area contributed by atoms with Crippen molar-refractivity contribution in [3.05, 3.63) is 118 Å². The Hall–Kier alpha value is -6.84. The summed E-state index contributed by atoms with van der Waals surface area (Å²) in [6, 6.07) is 23.9. The van der Waals surface area contributed by atoms with Crippen LogP contribution in [0, 0.1) is 39.5 Å². The zero-order chi connectivity index (χ0) is 46.5. The number of aliphatic hydroxyl groups is 1. The van der Waals surface area contributed by atoms with E-state index in [4.69, 9.17) is 42.5 Å². The second-order valence-corrected chi connectivity index (χ2v) is 17.7. The number of aromatic nitrogens is 2. The van der Waals surface area contributed by atoms with E-state index in [1.165, 1.54) is 6.07 Å². The van der Waals surface area contributed by atoms with Crippen LogP contribution in [-0.4, -0.2) is 89.1 Å². The molecular weight excluding hydrogens is 857 g/mol. The first-order valence-corrected chi connectivity index (χ1v) is 22.5. The van der Waals surface area contributed by atoms with Crippen LogP contribution in [0.5, 0.6) is 11.5 Å². The van der Waals surface area contributed by atoms with Crippen molar-refractivity contribution in [1.82, 2.24) is 9.97 Å². The van der Waals surface area contributed by atoms with E-state index in [1.807, 2.05) is 82.3 Å². The van der Waals surface area contributed by atoms with Crippen LogP contribution < -0.4 is 9.47 Å². The molecule has 67 heavy (non-hydrogen) atoms. The molecule has 0 saturated carbocycles. The number of aromatic carboxylic acids is 2. The molecule has 344 valence electrons. The van der Waals surface area contributed by atoms with Gasteiger partial charge in [-0.1, -0.05) is 42.5 Å². The van der Waals surface area contributed by atoms with Crippen molar-refractivity contribution >= 4 is 55.7 Å². The summed E-state index contributed by atoms with van der Waals surface area (Å²) in [5.74, 6) is -0.639. The summed E-state index contributed by atoms with van der Waals surface area (Å²) >= 11 is 0. The van der Waals surface area contributed by atoms with Crippen LogP contribution >= 0.6 is 0 Å². The molecule has 0 aliphatic carbocycles. The first kappa shape index (κ1) is 44.0. The van der Waals surface area contributed by atoms with E-state index >= 15 is 0 Å². The minimum absolute atomic E-state index is 0.0334. The number of carboxylic acids is 2. The Kier molecular flexibility index (Phi) is 11.9. The first-order chi connectivity index (χ1) is 32.4. The van der Waals surface area contributed by atoms with Crippen molar-refractivity contribution in [3.8, 4) is 34.4 Å². The van der Waals surface area contributed by atoms with Gasteiger partial charge in [-0.2, -0.15) is 0 Å². The van der Waals surface area contributed by atoms with Crippen LogP contribution in [0.4, 0.5) is 0 Å². The number of hydrogen-bond acceptors (Lipinski definition) is 12. The molecule has 4 aromatic heterocycles. The molecule has 0 amide bonds. The van der Waals surface area contributed by atoms with Crippen molar-refractivity contribution in [1.29, 1.82) is 0 Å². The van der Waals surface area contributed by atoms with E-state index in [0.29, 0.717) is 100 Å². The highest BCUT2D eigenvalue weighted by Gasteiger charge is 2.30. The Morgan fingerprint density at radius 1 is 0.657 bits per heavy atom. The van der Waals surface area contributed by atoms with E-state index in [9.17, 15) is 24.9 Å². The number of aliphatic hydroxyl groups excluding tert-OH is 1. The van der Waals surface area contributed by atoms with Gasteiger partial charge >= 0.3 is 11.9 Å². The molecule has 6 heterocycles. The zero-order valence-corrected chi connectivity index (χ0v) is 37.6. The average molecular weight is 907 g/mol. The molecule has 2 aliphatic heterocycles. The molecule has 3 N–H and O–H groups in total. The third-order valence-electron chi connectivity index (χ3n) is 13.3. The molecule has 2 saturated heterocycles. The number of furan rings is 2. The maximum absolute atomic E-state index is 12.9. The van der Waals surface area contributed by atoms with E-state index in [-0.39, 0.29) is 55.5 Å². The van der Waals surface area contributed by atoms with Gasteiger partial charge in [0, 0.05) is 46.9 Å². The predicted octanol–water partition coefficient (Wildman–Crippen LogP) is 10.0. The van der Waals surface area contributed by atoms with Crippen molar-refractivity contribution < 1.29 is 57.4 Å². The Morgan fingerprint density at radius 3 is 1.81 bits per heavy atom. The molecule has 0 spiro atoms. The van der Waals surface area contributed by atoms with Crippen LogP contribution in [0.1, 0.15) is 61.4 Å². The molecule has 2 fully saturated rings. The number of hydrogen-bond donors (Lipinski definition) is 3. The van der Waals surface area contributed by atoms with E-state index in [2.05, 4.69) is 0 Å². The number of nitrogens with zero attached hydrogens (tertiary/aromatic N) is 2. The predicted molar refractivity (Wildman–Crippen MR) is 250 cm³/mol. The third-order valence-corrected chi connectivity index (χ3v) is 13.3. The van der Waals surface area contributed by atoms with Crippen LogP contribution in [0.15, 0.2) is 87.7 Å². The number of carbonyl (C=O) groups is 2. The van der Waals surface area contributed by atoms with Gasteiger partial charge in [-0.05, 0) is 93.6 Å². The van der Waals surface area contributed by atoms with Crippen molar-refractivity contribution in [3.63, 3.8) is 0 Å². The Bertz CT molecular complexity index is 3230. The van der Waals surface area contributed by atoms with Crippen LogP contribution in [0.25, 0.3) is 66.7 Å². The van der Waals surface area contributed by atoms with E-state index in [0.717, 1.165) is 38.6 Å². The average Bonchev–Trinajstić information content (AvgIpc) is 3.85. The third kappa shape index (κ3) is 8.35. The van der Waals surface area contributed by atoms with E-state index in [1.54, 1.807) is 18.2 Å². The van der Waals surface area contributed by atoms with Crippen LogP contribution in [0.3, 0.4) is 0 Å². The lowest BCUT2D eigenvalue weighted by atomic mass is 9.97. The smallest absolute Gasteiger partial charge is 0.336 e. The maximum Gasteiger partial charge on any atom is 0.336 e. The molecule has 2 aliphatic rings. The largest absolute Gasteiger partial charge is 0.492 e. The van der Waals surface area contributed by atoms with Gasteiger partial charge in [0.2, 0.25) is 0 Å². The molecule has 14 heteroatoms. The summed E-state index contributed by atoms with van der Waals surface area (Å²) in [5.41, 5.74) is 7.38. The van der Waals surface area contributed by atoms with Gasteiger partial charge in [0.05, 0.1) is 78.2 Å². The maximum atomic E-state index is 12.9. The number of rotatable bonds is 13. The van der Waals surface area contributed by atoms with Crippen LogP contribution in [-0.2, 0) is 20.8 Å². The van der Waals surface area contributed by atoms with Gasteiger partial charge in [-0.3, -0.25) is 0 Å². The second kappa shape index (κ2) is 18.1. The first-order valence-electron chi connectivity index (χ1n) is 22.5. The fourth-order valence-electron chi connectivity index (χ4n) is 9.41. The fourth-order valence-corrected chi connectivity index (χ4v) is 9.41. The zero-order valence-electron chi connectivity index (χ0n) is 37.6. The molecule has 14 nitrogen and oxygen atoms in total. The number of para-hydroxylation sites is 1. The highest BCUT2D eigenvalue weighted by atomic mass is 16.5.